The van der Waals surface area contributed by atoms with E-state index in [-0.39, 0.29) is 17.9 Å². The van der Waals surface area contributed by atoms with Crippen molar-refractivity contribution in [1.82, 2.24) is 14.9 Å². The summed E-state index contributed by atoms with van der Waals surface area (Å²) in [5.74, 6) is 0.396. The Bertz CT molecular complexity index is 858. The van der Waals surface area contributed by atoms with Crippen molar-refractivity contribution < 1.29 is 9.53 Å². The van der Waals surface area contributed by atoms with Gasteiger partial charge in [-0.2, -0.15) is 0 Å². The number of hydrogen-bond donors (Lipinski definition) is 1. The summed E-state index contributed by atoms with van der Waals surface area (Å²) < 4.78 is 7.02. The SMILES string of the molecule is COC(=O)[C@H](C)[C@H](NCc1nc2ccccc2n1C)c1ccccc1. The Balaban J connectivity index is 1.85. The second kappa shape index (κ2) is 7.49. The highest BCUT2D eigenvalue weighted by Crippen LogP contribution is 2.24. The number of carbonyl (C=O) groups is 1. The summed E-state index contributed by atoms with van der Waals surface area (Å²) in [6.45, 7) is 2.44. The van der Waals surface area contributed by atoms with Crippen LogP contribution in [0.5, 0.6) is 0 Å². The predicted molar refractivity (Wildman–Crippen MR) is 97.9 cm³/mol. The van der Waals surface area contributed by atoms with Crippen molar-refractivity contribution in [3.63, 3.8) is 0 Å². The Morgan fingerprint density at radius 3 is 2.52 bits per heavy atom. The number of nitrogens with one attached hydrogen (secondary N) is 1. The molecule has 2 aromatic carbocycles. The lowest BCUT2D eigenvalue weighted by Crippen LogP contribution is -2.32. The number of para-hydroxylation sites is 2. The molecule has 130 valence electrons. The van der Waals surface area contributed by atoms with Crippen LogP contribution in [0.3, 0.4) is 0 Å². The summed E-state index contributed by atoms with van der Waals surface area (Å²) in [7, 11) is 3.43. The maximum absolute atomic E-state index is 12.1. The Morgan fingerprint density at radius 1 is 1.16 bits per heavy atom. The van der Waals surface area contributed by atoms with Crippen LogP contribution in [0.1, 0.15) is 24.4 Å². The fourth-order valence-electron chi connectivity index (χ4n) is 3.12. The van der Waals surface area contributed by atoms with Crippen molar-refractivity contribution in [2.24, 2.45) is 13.0 Å². The highest BCUT2D eigenvalue weighted by molar-refractivity contribution is 5.75. The minimum absolute atomic E-state index is 0.145. The van der Waals surface area contributed by atoms with Crippen molar-refractivity contribution >= 4 is 17.0 Å². The molecular weight excluding hydrogens is 314 g/mol. The van der Waals surface area contributed by atoms with Gasteiger partial charge < -0.3 is 14.6 Å². The molecule has 0 radical (unpaired) electrons. The maximum atomic E-state index is 12.1. The molecule has 0 saturated carbocycles. The van der Waals surface area contributed by atoms with Crippen molar-refractivity contribution in [2.75, 3.05) is 7.11 Å². The highest BCUT2D eigenvalue weighted by Gasteiger charge is 2.26. The first kappa shape index (κ1) is 17.2. The van der Waals surface area contributed by atoms with Crippen LogP contribution in [0, 0.1) is 5.92 Å². The topological polar surface area (TPSA) is 56.1 Å². The van der Waals surface area contributed by atoms with E-state index < -0.39 is 0 Å². The number of aryl methyl sites for hydroxylation is 1. The minimum atomic E-state index is -0.304. The van der Waals surface area contributed by atoms with E-state index in [0.717, 1.165) is 22.4 Å². The second-order valence-corrected chi connectivity index (χ2v) is 6.16. The summed E-state index contributed by atoms with van der Waals surface area (Å²) in [6, 6.07) is 17.9. The smallest absolute Gasteiger partial charge is 0.310 e. The molecule has 1 heterocycles. The van der Waals surface area contributed by atoms with E-state index in [9.17, 15) is 4.79 Å². The van der Waals surface area contributed by atoms with E-state index in [4.69, 9.17) is 4.74 Å². The molecule has 0 aliphatic heterocycles. The molecule has 2 atom stereocenters. The van der Waals surface area contributed by atoms with Gasteiger partial charge in [-0.25, -0.2) is 4.98 Å². The normalized spacial score (nSPS) is 13.6. The van der Waals surface area contributed by atoms with Gasteiger partial charge in [0, 0.05) is 13.1 Å². The zero-order chi connectivity index (χ0) is 17.8. The third-order valence-corrected chi connectivity index (χ3v) is 4.59. The van der Waals surface area contributed by atoms with Gasteiger partial charge in [-0.3, -0.25) is 4.79 Å². The van der Waals surface area contributed by atoms with Crippen molar-refractivity contribution in [2.45, 2.75) is 19.5 Å². The van der Waals surface area contributed by atoms with Gasteiger partial charge in [0.2, 0.25) is 0 Å². The maximum Gasteiger partial charge on any atom is 0.310 e. The fourth-order valence-corrected chi connectivity index (χ4v) is 3.12. The number of aromatic nitrogens is 2. The average Bonchev–Trinajstić information content (AvgIpc) is 2.98. The van der Waals surface area contributed by atoms with Crippen molar-refractivity contribution in [1.29, 1.82) is 0 Å². The zero-order valence-electron chi connectivity index (χ0n) is 14.8. The molecular formula is C20H23N3O2. The summed E-state index contributed by atoms with van der Waals surface area (Å²) in [6.07, 6.45) is 0. The molecule has 0 saturated heterocycles. The lowest BCUT2D eigenvalue weighted by atomic mass is 9.94. The Morgan fingerprint density at radius 2 is 1.84 bits per heavy atom. The molecule has 1 N–H and O–H groups in total. The van der Waals surface area contributed by atoms with E-state index >= 15 is 0 Å². The number of esters is 1. The monoisotopic (exact) mass is 337 g/mol. The summed E-state index contributed by atoms with van der Waals surface area (Å²) in [5.41, 5.74) is 3.12. The Kier molecular flexibility index (Phi) is 5.14. The van der Waals surface area contributed by atoms with E-state index in [2.05, 4.69) is 20.9 Å². The van der Waals surface area contributed by atoms with Crippen LogP contribution in [-0.2, 0) is 23.1 Å². The van der Waals surface area contributed by atoms with Crippen LogP contribution in [0.2, 0.25) is 0 Å². The average molecular weight is 337 g/mol. The van der Waals surface area contributed by atoms with Crippen LogP contribution < -0.4 is 5.32 Å². The summed E-state index contributed by atoms with van der Waals surface area (Å²) in [4.78, 5) is 16.7. The number of rotatable bonds is 6. The van der Waals surface area contributed by atoms with E-state index in [0.29, 0.717) is 6.54 Å². The van der Waals surface area contributed by atoms with Crippen LogP contribution in [0.25, 0.3) is 11.0 Å². The lowest BCUT2D eigenvalue weighted by molar-refractivity contribution is -0.146. The molecule has 3 aromatic rings. The number of fused-ring (bicyclic) bond motifs is 1. The number of nitrogens with zero attached hydrogens (tertiary/aromatic N) is 2. The van der Waals surface area contributed by atoms with Gasteiger partial charge in [0.25, 0.3) is 0 Å². The third-order valence-electron chi connectivity index (χ3n) is 4.59. The van der Waals surface area contributed by atoms with Gasteiger partial charge in [0.1, 0.15) is 5.82 Å². The zero-order valence-corrected chi connectivity index (χ0v) is 14.8. The van der Waals surface area contributed by atoms with Crippen LogP contribution in [-0.4, -0.2) is 22.6 Å². The van der Waals surface area contributed by atoms with Crippen LogP contribution in [0.15, 0.2) is 54.6 Å². The fraction of sp³-hybridized carbons (Fsp3) is 0.300. The minimum Gasteiger partial charge on any atom is -0.469 e. The molecule has 1 aromatic heterocycles. The molecule has 0 fully saturated rings. The third kappa shape index (κ3) is 3.56. The molecule has 5 nitrogen and oxygen atoms in total. The number of hydrogen-bond acceptors (Lipinski definition) is 4. The molecule has 3 rings (SSSR count). The van der Waals surface area contributed by atoms with Gasteiger partial charge in [-0.05, 0) is 17.7 Å². The summed E-state index contributed by atoms with van der Waals surface area (Å²) in [5, 5.41) is 3.48. The number of carbonyl (C=O) groups excluding carboxylic acids is 1. The number of methoxy groups -OCH3 is 1. The number of benzene rings is 2. The molecule has 5 heteroatoms. The van der Waals surface area contributed by atoms with E-state index in [1.165, 1.54) is 7.11 Å². The first-order valence-electron chi connectivity index (χ1n) is 8.38. The quantitative estimate of drug-likeness (QED) is 0.702. The lowest BCUT2D eigenvalue weighted by Gasteiger charge is -2.24. The predicted octanol–water partition coefficient (Wildman–Crippen LogP) is 3.21. The van der Waals surface area contributed by atoms with E-state index in [1.807, 2.05) is 62.5 Å². The van der Waals surface area contributed by atoms with Gasteiger partial charge in [-0.1, -0.05) is 49.4 Å². The van der Waals surface area contributed by atoms with Gasteiger partial charge in [0.05, 0.1) is 30.6 Å². The first-order valence-corrected chi connectivity index (χ1v) is 8.38. The molecule has 25 heavy (non-hydrogen) atoms. The molecule has 0 aliphatic rings. The molecule has 0 spiro atoms. The second-order valence-electron chi connectivity index (χ2n) is 6.16. The van der Waals surface area contributed by atoms with Gasteiger partial charge in [-0.15, -0.1) is 0 Å². The standard InChI is InChI=1S/C20H23N3O2/c1-14(20(24)25-3)19(15-9-5-4-6-10-15)21-13-18-22-16-11-7-8-12-17(16)23(18)2/h4-12,14,19,21H,13H2,1-3H3/t14-,19+/m1/s1. The van der Waals surface area contributed by atoms with Gasteiger partial charge in [0.15, 0.2) is 0 Å². The molecule has 0 unspecified atom stereocenters. The number of imidazole rings is 1. The van der Waals surface area contributed by atoms with Crippen LogP contribution >= 0.6 is 0 Å². The summed E-state index contributed by atoms with van der Waals surface area (Å²) >= 11 is 0. The van der Waals surface area contributed by atoms with Crippen molar-refractivity contribution in [3.05, 3.63) is 66.0 Å². The Hall–Kier alpha value is -2.66. The Labute approximate surface area is 147 Å². The molecule has 0 aliphatic carbocycles. The molecule has 0 amide bonds. The molecule has 0 bridgehead atoms. The van der Waals surface area contributed by atoms with Crippen LogP contribution in [0.4, 0.5) is 0 Å². The van der Waals surface area contributed by atoms with Gasteiger partial charge >= 0.3 is 5.97 Å². The highest BCUT2D eigenvalue weighted by atomic mass is 16.5. The number of ether oxygens (including phenoxy) is 1. The van der Waals surface area contributed by atoms with E-state index in [1.54, 1.807) is 0 Å². The van der Waals surface area contributed by atoms with Crippen molar-refractivity contribution in [3.8, 4) is 0 Å². The first-order chi connectivity index (χ1) is 12.1. The largest absolute Gasteiger partial charge is 0.469 e.